The molecule has 1 aromatic heterocycles. The van der Waals surface area contributed by atoms with Gasteiger partial charge in [-0.1, -0.05) is 6.07 Å². The Kier molecular flexibility index (Phi) is 4.07. The molecule has 1 saturated heterocycles. The molecule has 0 aromatic carbocycles. The van der Waals surface area contributed by atoms with E-state index in [9.17, 15) is 0 Å². The van der Waals surface area contributed by atoms with Crippen molar-refractivity contribution in [2.75, 3.05) is 29.5 Å². The normalized spacial score (nSPS) is 19.2. The Bertz CT molecular complexity index is 316. The van der Waals surface area contributed by atoms with Gasteiger partial charge in [-0.15, -0.1) is 0 Å². The third-order valence-corrected chi connectivity index (χ3v) is 3.89. The molecule has 3 nitrogen and oxygen atoms in total. The summed E-state index contributed by atoms with van der Waals surface area (Å²) in [6, 6.07) is 4.25. The Morgan fingerprint density at radius 2 is 2.25 bits per heavy atom. The van der Waals surface area contributed by atoms with Gasteiger partial charge in [0.05, 0.1) is 0 Å². The fourth-order valence-electron chi connectivity index (χ4n) is 1.83. The van der Waals surface area contributed by atoms with Crippen LogP contribution in [0, 0.1) is 0 Å². The highest BCUT2D eigenvalue weighted by Crippen LogP contribution is 2.18. The Morgan fingerprint density at radius 3 is 2.94 bits per heavy atom. The minimum Gasteiger partial charge on any atom is -0.356 e. The van der Waals surface area contributed by atoms with E-state index in [1.807, 2.05) is 24.9 Å². The zero-order valence-electron chi connectivity index (χ0n) is 9.72. The molecule has 0 unspecified atom stereocenters. The molecule has 2 N–H and O–H groups in total. The molecule has 0 aliphatic carbocycles. The predicted octanol–water partition coefficient (Wildman–Crippen LogP) is 2.04. The van der Waals surface area contributed by atoms with Crippen molar-refractivity contribution in [2.45, 2.75) is 19.4 Å². The predicted molar refractivity (Wildman–Crippen MR) is 71.0 cm³/mol. The number of aromatic nitrogens is 1. The van der Waals surface area contributed by atoms with Crippen molar-refractivity contribution in [1.29, 1.82) is 0 Å². The fourth-order valence-corrected chi connectivity index (χ4v) is 2.72. The molecule has 1 aromatic rings. The van der Waals surface area contributed by atoms with Crippen LogP contribution in [0.1, 0.15) is 24.9 Å². The van der Waals surface area contributed by atoms with E-state index in [0.29, 0.717) is 0 Å². The van der Waals surface area contributed by atoms with Crippen LogP contribution in [0.3, 0.4) is 0 Å². The molecule has 0 radical (unpaired) electrons. The van der Waals surface area contributed by atoms with Crippen LogP contribution in [0.15, 0.2) is 18.3 Å². The highest BCUT2D eigenvalue weighted by Gasteiger charge is 2.11. The van der Waals surface area contributed by atoms with Gasteiger partial charge in [0.2, 0.25) is 0 Å². The number of hydrogen-bond acceptors (Lipinski definition) is 4. The van der Waals surface area contributed by atoms with Crippen molar-refractivity contribution >= 4 is 17.6 Å². The fraction of sp³-hybridized carbons (Fsp3) is 0.583. The van der Waals surface area contributed by atoms with E-state index in [4.69, 9.17) is 5.73 Å². The summed E-state index contributed by atoms with van der Waals surface area (Å²) in [5, 5.41) is 0. The van der Waals surface area contributed by atoms with E-state index < -0.39 is 0 Å². The van der Waals surface area contributed by atoms with Gasteiger partial charge in [0.1, 0.15) is 5.82 Å². The van der Waals surface area contributed by atoms with Crippen LogP contribution in [0.5, 0.6) is 0 Å². The Labute approximate surface area is 101 Å². The first kappa shape index (κ1) is 11.7. The van der Waals surface area contributed by atoms with Gasteiger partial charge >= 0.3 is 0 Å². The first-order valence-electron chi connectivity index (χ1n) is 5.81. The molecule has 1 fully saturated rings. The summed E-state index contributed by atoms with van der Waals surface area (Å²) in [4.78, 5) is 6.87. The lowest BCUT2D eigenvalue weighted by molar-refractivity contribution is 0.786. The summed E-state index contributed by atoms with van der Waals surface area (Å²) in [5.74, 6) is 3.57. The van der Waals surface area contributed by atoms with Crippen LogP contribution in [-0.2, 0) is 0 Å². The third kappa shape index (κ3) is 2.89. The van der Waals surface area contributed by atoms with Gasteiger partial charge in [-0.25, -0.2) is 4.98 Å². The highest BCUT2D eigenvalue weighted by molar-refractivity contribution is 7.99. The molecule has 1 aliphatic rings. The molecule has 0 saturated carbocycles. The second-order valence-corrected chi connectivity index (χ2v) is 5.42. The third-order valence-electron chi connectivity index (χ3n) is 2.84. The van der Waals surface area contributed by atoms with Gasteiger partial charge in [-0.05, 0) is 30.7 Å². The van der Waals surface area contributed by atoms with Crippen LogP contribution in [-0.4, -0.2) is 29.6 Å². The zero-order chi connectivity index (χ0) is 11.4. The van der Waals surface area contributed by atoms with E-state index in [0.717, 1.165) is 24.5 Å². The van der Waals surface area contributed by atoms with Gasteiger partial charge in [0.25, 0.3) is 0 Å². The molecule has 0 amide bonds. The Morgan fingerprint density at radius 1 is 1.38 bits per heavy atom. The van der Waals surface area contributed by atoms with Crippen LogP contribution < -0.4 is 10.6 Å². The van der Waals surface area contributed by atoms with Crippen LogP contribution in [0.2, 0.25) is 0 Å². The molecule has 0 bridgehead atoms. The average molecular weight is 237 g/mol. The number of anilines is 1. The maximum atomic E-state index is 5.81. The lowest BCUT2D eigenvalue weighted by Gasteiger charge is -2.21. The number of nitrogens with two attached hydrogens (primary N) is 1. The number of rotatable bonds is 2. The summed E-state index contributed by atoms with van der Waals surface area (Å²) in [7, 11) is 0. The molecule has 2 heterocycles. The smallest absolute Gasteiger partial charge is 0.128 e. The SMILES string of the molecule is C[C@@H](N)c1ccc(N2CCCSCC2)nc1. The molecule has 4 heteroatoms. The molecule has 1 atom stereocenters. The molecule has 1 aliphatic heterocycles. The topological polar surface area (TPSA) is 42.1 Å². The van der Waals surface area contributed by atoms with Crippen LogP contribution >= 0.6 is 11.8 Å². The molecule has 0 spiro atoms. The van der Waals surface area contributed by atoms with Gasteiger partial charge in [0, 0.05) is 31.1 Å². The first-order chi connectivity index (χ1) is 7.77. The van der Waals surface area contributed by atoms with Gasteiger partial charge in [-0.2, -0.15) is 11.8 Å². The number of hydrogen-bond donors (Lipinski definition) is 1. The van der Waals surface area contributed by atoms with E-state index in [1.165, 1.54) is 17.9 Å². The summed E-state index contributed by atoms with van der Waals surface area (Å²) in [6.45, 7) is 4.21. The largest absolute Gasteiger partial charge is 0.356 e. The van der Waals surface area contributed by atoms with E-state index >= 15 is 0 Å². The second kappa shape index (κ2) is 5.55. The lowest BCUT2D eigenvalue weighted by Crippen LogP contribution is -2.26. The Hall–Kier alpha value is -0.740. The molecular weight excluding hydrogens is 218 g/mol. The number of thioether (sulfide) groups is 1. The van der Waals surface area contributed by atoms with Crippen molar-refractivity contribution in [1.82, 2.24) is 4.98 Å². The quantitative estimate of drug-likeness (QED) is 0.855. The molecular formula is C12H19N3S. The summed E-state index contributed by atoms with van der Waals surface area (Å²) >= 11 is 2.03. The van der Waals surface area contributed by atoms with Gasteiger partial charge in [-0.3, -0.25) is 0 Å². The zero-order valence-corrected chi connectivity index (χ0v) is 10.5. The maximum absolute atomic E-state index is 5.81. The van der Waals surface area contributed by atoms with E-state index in [2.05, 4.69) is 22.0 Å². The van der Waals surface area contributed by atoms with E-state index in [1.54, 1.807) is 0 Å². The highest BCUT2D eigenvalue weighted by atomic mass is 32.2. The second-order valence-electron chi connectivity index (χ2n) is 4.19. The van der Waals surface area contributed by atoms with Crippen molar-refractivity contribution in [3.05, 3.63) is 23.9 Å². The standard InChI is InChI=1S/C12H19N3S/c1-10(13)11-3-4-12(14-9-11)15-5-2-7-16-8-6-15/h3-4,9-10H,2,5-8,13H2,1H3/t10-/m1/s1. The minimum absolute atomic E-state index is 0.0706. The van der Waals surface area contributed by atoms with Crippen LogP contribution in [0.25, 0.3) is 0 Å². The van der Waals surface area contributed by atoms with Crippen molar-refractivity contribution < 1.29 is 0 Å². The van der Waals surface area contributed by atoms with Gasteiger partial charge < -0.3 is 10.6 Å². The van der Waals surface area contributed by atoms with Crippen LogP contribution in [0.4, 0.5) is 5.82 Å². The number of nitrogens with zero attached hydrogens (tertiary/aromatic N) is 2. The molecule has 2 rings (SSSR count). The van der Waals surface area contributed by atoms with Gasteiger partial charge in [0.15, 0.2) is 0 Å². The summed E-state index contributed by atoms with van der Waals surface area (Å²) < 4.78 is 0. The lowest BCUT2D eigenvalue weighted by atomic mass is 10.1. The van der Waals surface area contributed by atoms with Crippen molar-refractivity contribution in [3.63, 3.8) is 0 Å². The average Bonchev–Trinajstić information content (AvgIpc) is 2.57. The molecule has 88 valence electrons. The summed E-state index contributed by atoms with van der Waals surface area (Å²) in [5.41, 5.74) is 6.91. The monoisotopic (exact) mass is 237 g/mol. The maximum Gasteiger partial charge on any atom is 0.128 e. The minimum atomic E-state index is 0.0706. The Balaban J connectivity index is 2.07. The first-order valence-corrected chi connectivity index (χ1v) is 6.97. The molecule has 16 heavy (non-hydrogen) atoms. The van der Waals surface area contributed by atoms with E-state index in [-0.39, 0.29) is 6.04 Å². The summed E-state index contributed by atoms with van der Waals surface area (Å²) in [6.07, 6.45) is 3.15. The van der Waals surface area contributed by atoms with Crippen molar-refractivity contribution in [2.24, 2.45) is 5.73 Å². The van der Waals surface area contributed by atoms with Crippen molar-refractivity contribution in [3.8, 4) is 0 Å². The number of pyridine rings is 1.